The zero-order valence-electron chi connectivity index (χ0n) is 11.7. The van der Waals surface area contributed by atoms with Gasteiger partial charge in [-0.2, -0.15) is 0 Å². The smallest absolute Gasteiger partial charge is 0.305 e. The zero-order chi connectivity index (χ0) is 15.7. The van der Waals surface area contributed by atoms with Crippen LogP contribution in [0.2, 0.25) is 0 Å². The van der Waals surface area contributed by atoms with Gasteiger partial charge in [0, 0.05) is 17.7 Å². The molecule has 7 heteroatoms. The lowest BCUT2D eigenvalue weighted by molar-refractivity contribution is -0.137. The molecule has 0 unspecified atom stereocenters. The van der Waals surface area contributed by atoms with Gasteiger partial charge in [-0.05, 0) is 0 Å². The van der Waals surface area contributed by atoms with E-state index in [4.69, 9.17) is 10.8 Å². The van der Waals surface area contributed by atoms with Crippen LogP contribution in [-0.4, -0.2) is 38.4 Å². The minimum Gasteiger partial charge on any atom is -0.481 e. The number of fused-ring (bicyclic) bond motifs is 1. The lowest BCUT2D eigenvalue weighted by atomic mass is 10.1. The van der Waals surface area contributed by atoms with E-state index in [1.54, 1.807) is 0 Å². The molecule has 0 fully saturated rings. The van der Waals surface area contributed by atoms with E-state index in [9.17, 15) is 9.59 Å². The molecule has 3 N–H and O–H groups in total. The number of hydrogen-bond donors (Lipinski definition) is 2. The number of carbonyl (C=O) groups excluding carboxylic acids is 1. The number of carboxylic acids is 1. The van der Waals surface area contributed by atoms with Crippen LogP contribution < -0.4 is 5.73 Å². The van der Waals surface area contributed by atoms with E-state index in [-0.39, 0.29) is 30.5 Å². The van der Waals surface area contributed by atoms with Gasteiger partial charge >= 0.3 is 5.97 Å². The van der Waals surface area contributed by atoms with E-state index in [0.717, 1.165) is 5.56 Å². The van der Waals surface area contributed by atoms with Gasteiger partial charge in [0.25, 0.3) is 5.91 Å². The number of rotatable bonds is 4. The number of amides is 1. The largest absolute Gasteiger partial charge is 0.481 e. The second-order valence-corrected chi connectivity index (χ2v) is 4.99. The highest BCUT2D eigenvalue weighted by Crippen LogP contribution is 2.30. The van der Waals surface area contributed by atoms with Crippen molar-refractivity contribution in [3.05, 3.63) is 41.6 Å². The van der Waals surface area contributed by atoms with Crippen molar-refractivity contribution in [3.8, 4) is 11.3 Å². The van der Waals surface area contributed by atoms with Gasteiger partial charge in [0.1, 0.15) is 5.69 Å². The Morgan fingerprint density at radius 3 is 2.59 bits per heavy atom. The molecule has 22 heavy (non-hydrogen) atoms. The third kappa shape index (κ3) is 2.48. The highest BCUT2D eigenvalue weighted by atomic mass is 16.4. The molecule has 2 aromatic rings. The lowest BCUT2D eigenvalue weighted by Crippen LogP contribution is -2.26. The summed E-state index contributed by atoms with van der Waals surface area (Å²) in [6, 6.07) is 9.40. The molecule has 0 radical (unpaired) electrons. The van der Waals surface area contributed by atoms with E-state index in [1.165, 1.54) is 4.90 Å². The van der Waals surface area contributed by atoms with E-state index in [0.29, 0.717) is 17.8 Å². The first-order chi connectivity index (χ1) is 10.6. The van der Waals surface area contributed by atoms with Crippen molar-refractivity contribution < 1.29 is 14.7 Å². The van der Waals surface area contributed by atoms with Gasteiger partial charge in [0.05, 0.1) is 18.7 Å². The first-order valence-electron chi connectivity index (χ1n) is 6.79. The minimum atomic E-state index is -0.947. The molecule has 1 aliphatic heterocycles. The summed E-state index contributed by atoms with van der Waals surface area (Å²) in [6.07, 6.45) is -0.108. The summed E-state index contributed by atoms with van der Waals surface area (Å²) < 4.78 is 0. The molecule has 0 spiro atoms. The number of anilines is 1. The Hall–Kier alpha value is -2.96. The maximum atomic E-state index is 12.3. The normalized spacial score (nSPS) is 13.3. The Balaban J connectivity index is 2.00. The number of carbonyl (C=O) groups is 2. The summed E-state index contributed by atoms with van der Waals surface area (Å²) in [5, 5.41) is 8.77. The summed E-state index contributed by atoms with van der Waals surface area (Å²) >= 11 is 0. The number of benzene rings is 1. The van der Waals surface area contributed by atoms with Crippen molar-refractivity contribution >= 4 is 17.8 Å². The van der Waals surface area contributed by atoms with Crippen molar-refractivity contribution in [2.45, 2.75) is 13.0 Å². The van der Waals surface area contributed by atoms with Gasteiger partial charge in [-0.3, -0.25) is 9.59 Å². The van der Waals surface area contributed by atoms with Crippen LogP contribution in [0.5, 0.6) is 0 Å². The fourth-order valence-electron chi connectivity index (χ4n) is 2.49. The molecule has 0 aliphatic carbocycles. The Kier molecular flexibility index (Phi) is 3.46. The number of hydrogen-bond acceptors (Lipinski definition) is 5. The van der Waals surface area contributed by atoms with Crippen molar-refractivity contribution in [1.29, 1.82) is 0 Å². The molecule has 1 aromatic heterocycles. The van der Waals surface area contributed by atoms with Crippen molar-refractivity contribution in [3.63, 3.8) is 0 Å². The predicted molar refractivity (Wildman–Crippen MR) is 78.9 cm³/mol. The van der Waals surface area contributed by atoms with Crippen molar-refractivity contribution in [2.75, 3.05) is 12.3 Å². The Labute approximate surface area is 126 Å². The lowest BCUT2D eigenvalue weighted by Gasteiger charge is -2.13. The topological polar surface area (TPSA) is 109 Å². The molecule has 7 nitrogen and oxygen atoms in total. The molecule has 0 saturated heterocycles. The van der Waals surface area contributed by atoms with Crippen LogP contribution in [0.3, 0.4) is 0 Å². The average Bonchev–Trinajstić information content (AvgIpc) is 2.82. The summed E-state index contributed by atoms with van der Waals surface area (Å²) in [6.45, 7) is 0.435. The molecule has 1 amide bonds. The van der Waals surface area contributed by atoms with Gasteiger partial charge in [-0.1, -0.05) is 30.3 Å². The number of carboxylic acid groups (broad SMARTS) is 1. The number of nitrogen functional groups attached to an aromatic ring is 1. The Morgan fingerprint density at radius 1 is 1.23 bits per heavy atom. The molecule has 0 atom stereocenters. The Bertz CT molecular complexity index is 746. The predicted octanol–water partition coefficient (Wildman–Crippen LogP) is 1.16. The standard InChI is InChI=1S/C15H14N4O3/c16-15-17-12(9-4-2-1-3-5-9)10-8-19(7-6-11(20)21)14(22)13(10)18-15/h1-5H,6-8H2,(H,20,21)(H2,16,17,18). The quantitative estimate of drug-likeness (QED) is 0.876. The van der Waals surface area contributed by atoms with Gasteiger partial charge in [0.2, 0.25) is 5.95 Å². The van der Waals surface area contributed by atoms with Crippen LogP contribution >= 0.6 is 0 Å². The van der Waals surface area contributed by atoms with Gasteiger partial charge in [-0.15, -0.1) is 0 Å². The molecule has 0 bridgehead atoms. The van der Waals surface area contributed by atoms with Crippen LogP contribution in [0.4, 0.5) is 5.95 Å². The third-order valence-electron chi connectivity index (χ3n) is 3.51. The second kappa shape index (κ2) is 5.44. The maximum Gasteiger partial charge on any atom is 0.305 e. The molecular weight excluding hydrogens is 284 g/mol. The molecule has 3 rings (SSSR count). The van der Waals surface area contributed by atoms with Crippen molar-refractivity contribution in [2.24, 2.45) is 0 Å². The number of aliphatic carboxylic acids is 1. The number of nitrogens with zero attached hydrogens (tertiary/aromatic N) is 3. The summed E-state index contributed by atoms with van der Waals surface area (Å²) in [4.78, 5) is 32.8. The van der Waals surface area contributed by atoms with Gasteiger partial charge in [0.15, 0.2) is 0 Å². The van der Waals surface area contributed by atoms with E-state index in [1.807, 2.05) is 30.3 Å². The molecular formula is C15H14N4O3. The van der Waals surface area contributed by atoms with E-state index >= 15 is 0 Å². The minimum absolute atomic E-state index is 0.0334. The van der Waals surface area contributed by atoms with Crippen LogP contribution in [-0.2, 0) is 11.3 Å². The molecule has 1 aromatic carbocycles. The van der Waals surface area contributed by atoms with Gasteiger partial charge < -0.3 is 15.7 Å². The first-order valence-corrected chi connectivity index (χ1v) is 6.79. The molecule has 2 heterocycles. The van der Waals surface area contributed by atoms with Crippen molar-refractivity contribution in [1.82, 2.24) is 14.9 Å². The summed E-state index contributed by atoms with van der Waals surface area (Å²) in [5.41, 5.74) is 8.13. The molecule has 1 aliphatic rings. The first kappa shape index (κ1) is 14.0. The van der Waals surface area contributed by atoms with E-state index in [2.05, 4.69) is 9.97 Å². The fourth-order valence-corrected chi connectivity index (χ4v) is 2.49. The SMILES string of the molecule is Nc1nc2c(c(-c3ccccc3)n1)CN(CCC(=O)O)C2=O. The average molecular weight is 298 g/mol. The molecule has 0 saturated carbocycles. The zero-order valence-corrected chi connectivity index (χ0v) is 11.7. The monoisotopic (exact) mass is 298 g/mol. The maximum absolute atomic E-state index is 12.3. The van der Waals surface area contributed by atoms with Crippen LogP contribution in [0.1, 0.15) is 22.5 Å². The Morgan fingerprint density at radius 2 is 1.91 bits per heavy atom. The summed E-state index contributed by atoms with van der Waals surface area (Å²) in [5.74, 6) is -1.22. The number of nitrogens with two attached hydrogens (primary N) is 1. The summed E-state index contributed by atoms with van der Waals surface area (Å²) in [7, 11) is 0. The van der Waals surface area contributed by atoms with Crippen LogP contribution in [0.25, 0.3) is 11.3 Å². The third-order valence-corrected chi connectivity index (χ3v) is 3.51. The molecule has 112 valence electrons. The van der Waals surface area contributed by atoms with E-state index < -0.39 is 5.97 Å². The second-order valence-electron chi connectivity index (χ2n) is 4.99. The van der Waals surface area contributed by atoms with Gasteiger partial charge in [-0.25, -0.2) is 9.97 Å². The highest BCUT2D eigenvalue weighted by molar-refractivity contribution is 5.98. The van der Waals surface area contributed by atoms with Crippen LogP contribution in [0.15, 0.2) is 30.3 Å². The number of aromatic nitrogens is 2. The van der Waals surface area contributed by atoms with Crippen LogP contribution in [0, 0.1) is 0 Å². The fraction of sp³-hybridized carbons (Fsp3) is 0.200. The highest BCUT2D eigenvalue weighted by Gasteiger charge is 2.32.